The summed E-state index contributed by atoms with van der Waals surface area (Å²) >= 11 is 0. The Bertz CT molecular complexity index is 731. The molecular weight excluding hydrogens is 252 g/mol. The number of hydrogen-bond donors (Lipinski definition) is 0. The zero-order chi connectivity index (χ0) is 15.4. The molecule has 21 heavy (non-hydrogen) atoms. The third-order valence-corrected chi connectivity index (χ3v) is 4.55. The molecule has 0 heterocycles. The van der Waals surface area contributed by atoms with Crippen LogP contribution in [0.1, 0.15) is 58.2 Å². The Balaban J connectivity index is 2.37. The van der Waals surface area contributed by atoms with Crippen molar-refractivity contribution in [2.75, 3.05) is 0 Å². The molecule has 1 aliphatic rings. The summed E-state index contributed by atoms with van der Waals surface area (Å²) in [6.07, 6.45) is 3.50. The minimum atomic E-state index is 0.182. The van der Waals surface area contributed by atoms with Crippen LogP contribution in [0.2, 0.25) is 0 Å². The molecule has 0 unspecified atom stereocenters. The lowest BCUT2D eigenvalue weighted by Crippen LogP contribution is -2.16. The molecule has 0 amide bonds. The maximum absolute atomic E-state index is 2.43. The fourth-order valence-corrected chi connectivity index (χ4v) is 3.35. The van der Waals surface area contributed by atoms with E-state index >= 15 is 0 Å². The van der Waals surface area contributed by atoms with Gasteiger partial charge in [0.15, 0.2) is 0 Å². The number of allylic oxidation sites excluding steroid dienone is 2. The molecule has 0 fully saturated rings. The van der Waals surface area contributed by atoms with Crippen molar-refractivity contribution in [1.82, 2.24) is 0 Å². The van der Waals surface area contributed by atoms with E-state index in [0.717, 1.165) is 6.42 Å². The highest BCUT2D eigenvalue weighted by molar-refractivity contribution is 5.99. The van der Waals surface area contributed by atoms with Crippen LogP contribution in [0.3, 0.4) is 0 Å². The highest BCUT2D eigenvalue weighted by atomic mass is 14.3. The molecule has 0 spiro atoms. The summed E-state index contributed by atoms with van der Waals surface area (Å²) in [4.78, 5) is 0. The van der Waals surface area contributed by atoms with Gasteiger partial charge in [0.05, 0.1) is 0 Å². The predicted molar refractivity (Wildman–Crippen MR) is 93.8 cm³/mol. The summed E-state index contributed by atoms with van der Waals surface area (Å²) in [7, 11) is 0. The van der Waals surface area contributed by atoms with Crippen molar-refractivity contribution in [3.63, 3.8) is 0 Å². The molecule has 0 radical (unpaired) electrons. The number of hydrogen-bond acceptors (Lipinski definition) is 0. The first-order chi connectivity index (χ1) is 9.68. The van der Waals surface area contributed by atoms with E-state index in [1.807, 2.05) is 0 Å². The van der Waals surface area contributed by atoms with Gasteiger partial charge in [-0.25, -0.2) is 0 Å². The minimum Gasteiger partial charge on any atom is -0.0757 e. The first-order valence-corrected chi connectivity index (χ1v) is 7.95. The Morgan fingerprint density at radius 1 is 0.857 bits per heavy atom. The summed E-state index contributed by atoms with van der Waals surface area (Å²) in [6.45, 7) is 13.9. The van der Waals surface area contributed by atoms with Crippen LogP contribution in [0.25, 0.3) is 16.3 Å². The van der Waals surface area contributed by atoms with E-state index in [2.05, 4.69) is 78.0 Å². The second-order valence-electron chi connectivity index (χ2n) is 8.36. The largest absolute Gasteiger partial charge is 0.0757 e. The second kappa shape index (κ2) is 4.47. The van der Waals surface area contributed by atoms with Crippen LogP contribution in [0.5, 0.6) is 0 Å². The molecule has 2 aromatic rings. The number of benzene rings is 2. The smallest absolute Gasteiger partial charge is 0.00731 e. The van der Waals surface area contributed by atoms with Gasteiger partial charge >= 0.3 is 0 Å². The van der Waals surface area contributed by atoms with Crippen molar-refractivity contribution in [3.05, 3.63) is 53.1 Å². The molecule has 0 aromatic heterocycles. The third kappa shape index (κ3) is 2.41. The molecule has 3 rings (SSSR count). The maximum Gasteiger partial charge on any atom is -0.00731 e. The highest BCUT2D eigenvalue weighted by Gasteiger charge is 2.26. The molecule has 0 heteroatoms. The van der Waals surface area contributed by atoms with Gasteiger partial charge in [-0.3, -0.25) is 0 Å². The minimum absolute atomic E-state index is 0.182. The van der Waals surface area contributed by atoms with Gasteiger partial charge in [-0.2, -0.15) is 0 Å². The summed E-state index contributed by atoms with van der Waals surface area (Å²) < 4.78 is 0. The maximum atomic E-state index is 2.43. The van der Waals surface area contributed by atoms with E-state index in [-0.39, 0.29) is 10.8 Å². The lowest BCUT2D eigenvalue weighted by atomic mass is 9.74. The van der Waals surface area contributed by atoms with Crippen molar-refractivity contribution < 1.29 is 0 Å². The molecule has 110 valence electrons. The number of rotatable bonds is 0. The van der Waals surface area contributed by atoms with E-state index in [4.69, 9.17) is 0 Å². The zero-order valence-corrected chi connectivity index (χ0v) is 14.2. The Labute approximate surface area is 128 Å². The predicted octanol–water partition coefficient (Wildman–Crippen LogP) is 6.12. The van der Waals surface area contributed by atoms with E-state index < -0.39 is 0 Å². The van der Waals surface area contributed by atoms with Crippen molar-refractivity contribution in [3.8, 4) is 0 Å². The topological polar surface area (TPSA) is 0 Å². The van der Waals surface area contributed by atoms with E-state index in [1.54, 1.807) is 0 Å². The quantitative estimate of drug-likeness (QED) is 0.544. The lowest BCUT2D eigenvalue weighted by molar-refractivity contribution is 0.563. The van der Waals surface area contributed by atoms with Gasteiger partial charge in [0, 0.05) is 0 Å². The van der Waals surface area contributed by atoms with Crippen molar-refractivity contribution in [2.24, 2.45) is 5.41 Å². The fourth-order valence-electron chi connectivity index (χ4n) is 3.35. The van der Waals surface area contributed by atoms with Gasteiger partial charge in [-0.05, 0) is 50.3 Å². The standard InChI is InChI=1S/C21H26/c1-20(2,3)16-12-15-9-7-8-14-10-11-18(21(4,5)6)17(13-16)19(14)15/h7-9,11-13H,10H2,1-6H3. The average molecular weight is 278 g/mol. The summed E-state index contributed by atoms with van der Waals surface area (Å²) in [5, 5.41) is 2.86. The molecule has 1 aliphatic carbocycles. The molecule has 0 saturated carbocycles. The molecular formula is C21H26. The Hall–Kier alpha value is -1.56. The van der Waals surface area contributed by atoms with Crippen LogP contribution in [0.15, 0.2) is 36.4 Å². The van der Waals surface area contributed by atoms with E-state index in [9.17, 15) is 0 Å². The van der Waals surface area contributed by atoms with E-state index in [1.165, 1.54) is 33.0 Å². The second-order valence-corrected chi connectivity index (χ2v) is 8.36. The highest BCUT2D eigenvalue weighted by Crippen LogP contribution is 2.43. The monoisotopic (exact) mass is 278 g/mol. The molecule has 0 N–H and O–H groups in total. The first-order valence-electron chi connectivity index (χ1n) is 7.95. The van der Waals surface area contributed by atoms with Crippen LogP contribution in [0.4, 0.5) is 0 Å². The fraction of sp³-hybridized carbons (Fsp3) is 0.429. The van der Waals surface area contributed by atoms with Gasteiger partial charge in [0.25, 0.3) is 0 Å². The van der Waals surface area contributed by atoms with Crippen molar-refractivity contribution in [2.45, 2.75) is 53.4 Å². The summed E-state index contributed by atoms with van der Waals surface area (Å²) in [5.74, 6) is 0. The van der Waals surface area contributed by atoms with Crippen LogP contribution < -0.4 is 0 Å². The lowest BCUT2D eigenvalue weighted by Gasteiger charge is -2.30. The molecule has 0 nitrogen and oxygen atoms in total. The SMILES string of the molecule is CC(C)(C)C1=CCc2cccc3cc(C(C)(C)C)cc1c23. The molecule has 0 saturated heterocycles. The third-order valence-electron chi connectivity index (χ3n) is 4.55. The van der Waals surface area contributed by atoms with Crippen LogP contribution in [0, 0.1) is 5.41 Å². The first kappa shape index (κ1) is 14.4. The normalized spacial score (nSPS) is 15.2. The summed E-state index contributed by atoms with van der Waals surface area (Å²) in [5.41, 5.74) is 6.22. The van der Waals surface area contributed by atoms with Gasteiger partial charge in [-0.15, -0.1) is 0 Å². The van der Waals surface area contributed by atoms with Gasteiger partial charge in [0.2, 0.25) is 0 Å². The Kier molecular flexibility index (Phi) is 3.06. The van der Waals surface area contributed by atoms with Gasteiger partial charge in [-0.1, -0.05) is 78.0 Å². The van der Waals surface area contributed by atoms with E-state index in [0.29, 0.717) is 0 Å². The summed E-state index contributed by atoms with van der Waals surface area (Å²) in [6, 6.07) is 11.6. The molecule has 0 atom stereocenters. The molecule has 2 aromatic carbocycles. The zero-order valence-electron chi connectivity index (χ0n) is 14.2. The average Bonchev–Trinajstić information content (AvgIpc) is 2.36. The van der Waals surface area contributed by atoms with Gasteiger partial charge in [0.1, 0.15) is 0 Å². The van der Waals surface area contributed by atoms with Crippen LogP contribution in [-0.2, 0) is 11.8 Å². The van der Waals surface area contributed by atoms with Crippen LogP contribution in [-0.4, -0.2) is 0 Å². The van der Waals surface area contributed by atoms with Crippen LogP contribution >= 0.6 is 0 Å². The Morgan fingerprint density at radius 3 is 2.19 bits per heavy atom. The van der Waals surface area contributed by atoms with Crippen molar-refractivity contribution in [1.29, 1.82) is 0 Å². The van der Waals surface area contributed by atoms with Gasteiger partial charge < -0.3 is 0 Å². The molecule has 0 bridgehead atoms. The Morgan fingerprint density at radius 2 is 1.57 bits per heavy atom. The van der Waals surface area contributed by atoms with Crippen molar-refractivity contribution >= 4 is 16.3 Å². The molecule has 0 aliphatic heterocycles.